The minimum Gasteiger partial charge on any atom is -0.494 e. The lowest BCUT2D eigenvalue weighted by Crippen LogP contribution is -2.19. The van der Waals surface area contributed by atoms with Crippen molar-refractivity contribution in [3.05, 3.63) is 88.9 Å². The minimum atomic E-state index is 0.0588. The lowest BCUT2D eigenvalue weighted by atomic mass is 10.0. The van der Waals surface area contributed by atoms with E-state index in [1.54, 1.807) is 6.07 Å². The average Bonchev–Trinajstić information content (AvgIpc) is 3.08. The molecule has 31 heavy (non-hydrogen) atoms. The first-order valence-corrected chi connectivity index (χ1v) is 10.4. The van der Waals surface area contributed by atoms with Crippen LogP contribution in [0.5, 0.6) is 11.6 Å². The molecule has 0 fully saturated rings. The fourth-order valence-corrected chi connectivity index (χ4v) is 3.52. The van der Waals surface area contributed by atoms with Crippen LogP contribution in [-0.4, -0.2) is 47.9 Å². The van der Waals surface area contributed by atoms with Crippen LogP contribution in [0.4, 0.5) is 5.69 Å². The van der Waals surface area contributed by atoms with Crippen LogP contribution in [0.15, 0.2) is 77.8 Å². The Morgan fingerprint density at radius 3 is 2.48 bits per heavy atom. The molecule has 0 atom stereocenters. The molecule has 2 N–H and O–H groups in total. The molecule has 0 saturated carbocycles. The summed E-state index contributed by atoms with van der Waals surface area (Å²) in [5.41, 5.74) is 3.74. The summed E-state index contributed by atoms with van der Waals surface area (Å²) in [6, 6.07) is 23.0. The zero-order valence-electron chi connectivity index (χ0n) is 17.5. The maximum absolute atomic E-state index is 10.7. The van der Waals surface area contributed by atoms with Gasteiger partial charge in [0.25, 0.3) is 0 Å². The van der Waals surface area contributed by atoms with Crippen molar-refractivity contribution in [2.45, 2.75) is 0 Å². The summed E-state index contributed by atoms with van der Waals surface area (Å²) < 4.78 is 5.77. The maximum Gasteiger partial charge on any atom is 0.199 e. The number of rotatable bonds is 7. The van der Waals surface area contributed by atoms with Crippen molar-refractivity contribution >= 4 is 33.9 Å². The van der Waals surface area contributed by atoms with Gasteiger partial charge in [0, 0.05) is 22.5 Å². The van der Waals surface area contributed by atoms with E-state index in [1.165, 1.54) is 0 Å². The minimum absolute atomic E-state index is 0.0588. The molecule has 0 aliphatic rings. The Morgan fingerprint density at radius 1 is 1.03 bits per heavy atom. The first-order chi connectivity index (χ1) is 15.0. The number of ether oxygens (including phenoxy) is 1. The predicted octanol–water partition coefficient (Wildman–Crippen LogP) is 5.64. The van der Waals surface area contributed by atoms with E-state index in [0.29, 0.717) is 22.9 Å². The monoisotopic (exact) mass is 433 g/mol. The number of aromatic nitrogens is 1. The molecular formula is C25H24ClN3O2. The van der Waals surface area contributed by atoms with Gasteiger partial charge in [0.1, 0.15) is 12.4 Å². The van der Waals surface area contributed by atoms with E-state index in [0.717, 1.165) is 34.4 Å². The van der Waals surface area contributed by atoms with Crippen molar-refractivity contribution in [2.75, 3.05) is 27.2 Å². The van der Waals surface area contributed by atoms with Gasteiger partial charge in [-0.3, -0.25) is 0 Å². The fourth-order valence-electron chi connectivity index (χ4n) is 3.35. The second-order valence-electron chi connectivity index (χ2n) is 7.51. The standard InChI is InChI=1S/C25H24ClN3O2/c1-29(2)14-15-31-20-11-9-19(10-12-20)27-24(17-6-4-3-5-7-17)23-21-13-8-18(26)16-22(21)28-25(23)30/h3-13,16,28,30H,14-15H2,1-2H3. The first-order valence-electron chi connectivity index (χ1n) is 10.0. The summed E-state index contributed by atoms with van der Waals surface area (Å²) in [5.74, 6) is 0.857. The Labute approximate surface area is 186 Å². The van der Waals surface area contributed by atoms with Crippen LogP contribution in [0.2, 0.25) is 5.02 Å². The molecule has 158 valence electrons. The second kappa shape index (κ2) is 9.25. The Morgan fingerprint density at radius 2 is 1.77 bits per heavy atom. The van der Waals surface area contributed by atoms with E-state index in [9.17, 15) is 5.11 Å². The lowest BCUT2D eigenvalue weighted by Gasteiger charge is -2.11. The highest BCUT2D eigenvalue weighted by atomic mass is 35.5. The van der Waals surface area contributed by atoms with E-state index in [-0.39, 0.29) is 5.88 Å². The van der Waals surface area contributed by atoms with Crippen LogP contribution in [0.1, 0.15) is 11.1 Å². The van der Waals surface area contributed by atoms with Gasteiger partial charge in [0.2, 0.25) is 0 Å². The quantitative estimate of drug-likeness (QED) is 0.371. The zero-order valence-corrected chi connectivity index (χ0v) is 18.2. The Kier molecular flexibility index (Phi) is 6.26. The molecule has 0 aliphatic carbocycles. The van der Waals surface area contributed by atoms with Crippen LogP contribution < -0.4 is 4.74 Å². The molecule has 4 rings (SSSR count). The molecule has 0 radical (unpaired) electrons. The molecule has 5 nitrogen and oxygen atoms in total. The van der Waals surface area contributed by atoms with E-state index < -0.39 is 0 Å². The van der Waals surface area contributed by atoms with Gasteiger partial charge in [-0.05, 0) is 50.5 Å². The Balaban J connectivity index is 1.74. The predicted molar refractivity (Wildman–Crippen MR) is 127 cm³/mol. The number of fused-ring (bicyclic) bond motifs is 1. The summed E-state index contributed by atoms with van der Waals surface area (Å²) in [6.45, 7) is 1.47. The third kappa shape index (κ3) is 4.90. The highest BCUT2D eigenvalue weighted by molar-refractivity contribution is 6.31. The number of nitrogens with zero attached hydrogens (tertiary/aromatic N) is 2. The van der Waals surface area contributed by atoms with Crippen molar-refractivity contribution in [3.63, 3.8) is 0 Å². The number of halogens is 1. The largest absolute Gasteiger partial charge is 0.494 e. The molecule has 0 bridgehead atoms. The number of H-pyrrole nitrogens is 1. The van der Waals surface area contributed by atoms with Gasteiger partial charge in [-0.1, -0.05) is 48.0 Å². The number of nitrogens with one attached hydrogen (secondary N) is 1. The van der Waals surface area contributed by atoms with Crippen LogP contribution in [0.25, 0.3) is 10.9 Å². The normalized spacial score (nSPS) is 11.9. The number of aliphatic imine (C=N–C) groups is 1. The number of aromatic amines is 1. The smallest absolute Gasteiger partial charge is 0.199 e. The lowest BCUT2D eigenvalue weighted by molar-refractivity contribution is 0.261. The number of hydrogen-bond donors (Lipinski definition) is 2. The van der Waals surface area contributed by atoms with Gasteiger partial charge in [-0.25, -0.2) is 4.99 Å². The van der Waals surface area contributed by atoms with Gasteiger partial charge in [-0.15, -0.1) is 0 Å². The van der Waals surface area contributed by atoms with E-state index >= 15 is 0 Å². The second-order valence-corrected chi connectivity index (χ2v) is 7.95. The van der Waals surface area contributed by atoms with Crippen molar-refractivity contribution in [1.29, 1.82) is 0 Å². The summed E-state index contributed by atoms with van der Waals surface area (Å²) in [5, 5.41) is 12.2. The molecule has 0 saturated heterocycles. The highest BCUT2D eigenvalue weighted by Gasteiger charge is 2.18. The Hall–Kier alpha value is -3.28. The van der Waals surface area contributed by atoms with E-state index in [4.69, 9.17) is 21.3 Å². The maximum atomic E-state index is 10.7. The van der Waals surface area contributed by atoms with Crippen LogP contribution in [-0.2, 0) is 0 Å². The number of benzene rings is 3. The number of likely N-dealkylation sites (N-methyl/N-ethyl adjacent to an activating group) is 1. The van der Waals surface area contributed by atoms with Crippen LogP contribution in [0, 0.1) is 0 Å². The van der Waals surface area contributed by atoms with Gasteiger partial charge >= 0.3 is 0 Å². The fraction of sp³-hybridized carbons (Fsp3) is 0.160. The summed E-state index contributed by atoms with van der Waals surface area (Å²) >= 11 is 6.13. The Bertz CT molecular complexity index is 1200. The van der Waals surface area contributed by atoms with Crippen LogP contribution >= 0.6 is 11.6 Å². The van der Waals surface area contributed by atoms with Crippen LogP contribution in [0.3, 0.4) is 0 Å². The molecule has 3 aromatic carbocycles. The molecule has 0 amide bonds. The third-order valence-corrected chi connectivity index (χ3v) is 5.14. The molecule has 0 unspecified atom stereocenters. The summed E-state index contributed by atoms with van der Waals surface area (Å²) in [7, 11) is 4.03. The molecule has 0 aliphatic heterocycles. The first kappa shape index (κ1) is 21.0. The number of aromatic hydroxyl groups is 1. The molecule has 0 spiro atoms. The molecule has 1 heterocycles. The van der Waals surface area contributed by atoms with Crippen molar-refractivity contribution in [2.24, 2.45) is 4.99 Å². The van der Waals surface area contributed by atoms with Gasteiger partial charge < -0.3 is 19.7 Å². The summed E-state index contributed by atoms with van der Waals surface area (Å²) in [4.78, 5) is 9.98. The van der Waals surface area contributed by atoms with Crippen molar-refractivity contribution in [3.8, 4) is 11.6 Å². The molecule has 1 aromatic heterocycles. The molecule has 4 aromatic rings. The molecule has 6 heteroatoms. The number of hydrogen-bond acceptors (Lipinski definition) is 4. The SMILES string of the molecule is CN(C)CCOc1ccc(N=C(c2ccccc2)c2c(O)[nH]c3cc(Cl)ccc23)cc1. The van der Waals surface area contributed by atoms with E-state index in [1.807, 2.05) is 80.8 Å². The zero-order chi connectivity index (χ0) is 21.8. The van der Waals surface area contributed by atoms with Gasteiger partial charge in [0.15, 0.2) is 5.88 Å². The third-order valence-electron chi connectivity index (χ3n) is 4.91. The van der Waals surface area contributed by atoms with Gasteiger partial charge in [-0.2, -0.15) is 0 Å². The van der Waals surface area contributed by atoms with Crippen molar-refractivity contribution in [1.82, 2.24) is 9.88 Å². The topological polar surface area (TPSA) is 60.9 Å². The summed E-state index contributed by atoms with van der Waals surface area (Å²) in [6.07, 6.45) is 0. The highest BCUT2D eigenvalue weighted by Crippen LogP contribution is 2.33. The molecular weight excluding hydrogens is 410 g/mol. The van der Waals surface area contributed by atoms with Gasteiger partial charge in [0.05, 0.1) is 22.5 Å². The van der Waals surface area contributed by atoms with E-state index in [2.05, 4.69) is 9.88 Å². The average molecular weight is 434 g/mol. The van der Waals surface area contributed by atoms with Crippen molar-refractivity contribution < 1.29 is 9.84 Å².